The maximum atomic E-state index is 14.5. The molecule has 3 saturated carbocycles. The number of carbonyl (C=O) groups excluding carboxylic acids is 2. The maximum absolute atomic E-state index is 14.5. The molecule has 0 amide bonds. The predicted octanol–water partition coefficient (Wildman–Crippen LogP) is 2.24. The van der Waals surface area contributed by atoms with Crippen LogP contribution in [0.1, 0.15) is 37.7 Å². The summed E-state index contributed by atoms with van der Waals surface area (Å²) in [7, 11) is 0. The van der Waals surface area contributed by atoms with Gasteiger partial charge in [-0.05, 0) is 67.8 Å². The van der Waals surface area contributed by atoms with Crippen molar-refractivity contribution in [2.24, 2.45) is 10.8 Å². The van der Waals surface area contributed by atoms with Crippen molar-refractivity contribution in [2.75, 3.05) is 18.4 Å². The molecule has 34 heavy (non-hydrogen) atoms. The number of rotatable bonds is 2. The molecule has 3 aliphatic carbocycles. The van der Waals surface area contributed by atoms with Crippen LogP contribution in [0.5, 0.6) is 0 Å². The van der Waals surface area contributed by atoms with Crippen LogP contribution in [0.2, 0.25) is 0 Å². The fourth-order valence-electron chi connectivity index (χ4n) is 9.70. The molecular weight excluding hydrogens is 450 g/mol. The van der Waals surface area contributed by atoms with E-state index in [-0.39, 0.29) is 17.2 Å². The van der Waals surface area contributed by atoms with E-state index in [4.69, 9.17) is 17.1 Å². The van der Waals surface area contributed by atoms with Crippen LogP contribution in [0.25, 0.3) is 0 Å². The number of nitrogens with one attached hydrogen (secondary N) is 1. The summed E-state index contributed by atoms with van der Waals surface area (Å²) in [6.45, 7) is 1.18. The minimum absolute atomic E-state index is 0.00155. The van der Waals surface area contributed by atoms with Crippen molar-refractivity contribution >= 4 is 29.7 Å². The molecule has 174 valence electrons. The number of hydrogen-bond acceptors (Lipinski definition) is 7. The van der Waals surface area contributed by atoms with Crippen LogP contribution in [0.4, 0.5) is 5.69 Å². The molecule has 6 atom stereocenters. The van der Waals surface area contributed by atoms with Crippen molar-refractivity contribution < 1.29 is 19.5 Å². The van der Waals surface area contributed by atoms with Crippen LogP contribution >= 0.6 is 12.2 Å². The Hall–Kier alpha value is -2.55. The van der Waals surface area contributed by atoms with Gasteiger partial charge in [0.15, 0.2) is 5.78 Å². The van der Waals surface area contributed by atoms with Gasteiger partial charge in [-0.3, -0.25) is 9.69 Å². The molecule has 4 heterocycles. The lowest BCUT2D eigenvalue weighted by Gasteiger charge is -2.63. The van der Waals surface area contributed by atoms with Gasteiger partial charge in [-0.15, -0.1) is 0 Å². The first-order chi connectivity index (χ1) is 16.4. The van der Waals surface area contributed by atoms with Crippen molar-refractivity contribution in [3.63, 3.8) is 0 Å². The Kier molecular flexibility index (Phi) is 3.27. The maximum Gasteiger partial charge on any atom is 0.344 e. The number of piperidine rings is 1. The molecule has 2 saturated heterocycles. The third-order valence-electron chi connectivity index (χ3n) is 10.4. The number of pyridine rings is 1. The summed E-state index contributed by atoms with van der Waals surface area (Å²) >= 11 is 5.39. The van der Waals surface area contributed by atoms with Gasteiger partial charge in [-0.1, -0.05) is 36.5 Å². The van der Waals surface area contributed by atoms with Crippen molar-refractivity contribution in [2.45, 2.75) is 54.7 Å². The van der Waals surface area contributed by atoms with Gasteiger partial charge in [-0.2, -0.15) is 4.73 Å². The number of aliphatic hydroxyl groups is 1. The molecule has 2 aromatic rings. The first kappa shape index (κ1) is 19.7. The van der Waals surface area contributed by atoms with Gasteiger partial charge < -0.3 is 15.3 Å². The van der Waals surface area contributed by atoms with Crippen molar-refractivity contribution in [1.82, 2.24) is 9.63 Å². The average Bonchev–Trinajstić information content (AvgIpc) is 3.31. The van der Waals surface area contributed by atoms with E-state index >= 15 is 0 Å². The Morgan fingerprint density at radius 3 is 2.82 bits per heavy atom. The van der Waals surface area contributed by atoms with E-state index in [1.807, 2.05) is 18.2 Å². The third kappa shape index (κ3) is 1.64. The minimum atomic E-state index is -1.80. The van der Waals surface area contributed by atoms with Crippen LogP contribution in [-0.4, -0.2) is 56.8 Å². The normalized spacial score (nSPS) is 44.5. The van der Waals surface area contributed by atoms with Crippen LogP contribution in [-0.2, 0) is 15.0 Å². The molecule has 0 radical (unpaired) electrons. The summed E-state index contributed by atoms with van der Waals surface area (Å²) in [5, 5.41) is 16.1. The smallest absolute Gasteiger partial charge is 0.344 e. The molecule has 8 heteroatoms. The number of nitrogens with zero attached hydrogens (tertiary/aromatic N) is 2. The number of fused-ring (bicyclic) bond motifs is 1. The molecule has 1 aromatic carbocycles. The molecule has 2 N–H and O–H groups in total. The van der Waals surface area contributed by atoms with Gasteiger partial charge in [0, 0.05) is 24.5 Å². The Bertz CT molecular complexity index is 1390. The molecule has 5 fully saturated rings. The lowest BCUT2D eigenvalue weighted by atomic mass is 9.40. The number of ketones is 1. The Labute approximate surface area is 201 Å². The van der Waals surface area contributed by atoms with Crippen LogP contribution in [0, 0.1) is 15.5 Å². The Morgan fingerprint density at radius 2 is 1.97 bits per heavy atom. The topological polar surface area (TPSA) is 83.8 Å². The van der Waals surface area contributed by atoms with E-state index in [1.165, 1.54) is 4.73 Å². The summed E-state index contributed by atoms with van der Waals surface area (Å²) in [6.07, 6.45) is 5.40. The molecule has 1 spiro atoms. The molecule has 2 unspecified atom stereocenters. The number of carbonyl (C=O) groups is 2. The van der Waals surface area contributed by atoms with Crippen LogP contribution in [0.3, 0.4) is 0 Å². The summed E-state index contributed by atoms with van der Waals surface area (Å²) in [4.78, 5) is 37.3. The van der Waals surface area contributed by atoms with Crippen molar-refractivity contribution in [3.8, 4) is 0 Å². The van der Waals surface area contributed by atoms with E-state index in [2.05, 4.69) is 16.3 Å². The lowest BCUT2D eigenvalue weighted by molar-refractivity contribution is -0.196. The molecule has 5 bridgehead atoms. The minimum Gasteiger partial charge on any atom is -0.381 e. The first-order valence-corrected chi connectivity index (χ1v) is 12.6. The van der Waals surface area contributed by atoms with Gasteiger partial charge in [0.2, 0.25) is 0 Å². The standard InChI is InChI=1S/C26H25N3O4S/c30-20-24-11-10-22-9-5-12-28-15-23(25(20,32)14-22,21(31)33-29-13-4-3-8-18(29)34)26(24,19(22)28)16-6-1-2-7-17(16)27-24/h1-4,6-8,13,19,27,32H,5,9-12,14-15H2/t19-,22+,23?,24+,25?,26+/m0/s1. The molecule has 7 nitrogen and oxygen atoms in total. The molecule has 3 aliphatic heterocycles. The number of benzene rings is 1. The number of anilines is 1. The van der Waals surface area contributed by atoms with Gasteiger partial charge >= 0.3 is 5.97 Å². The predicted molar refractivity (Wildman–Crippen MR) is 125 cm³/mol. The molecule has 6 aliphatic rings. The number of para-hydroxylation sites is 1. The Balaban J connectivity index is 1.46. The largest absolute Gasteiger partial charge is 0.381 e. The van der Waals surface area contributed by atoms with E-state index in [1.54, 1.807) is 24.4 Å². The highest BCUT2D eigenvalue weighted by Gasteiger charge is 2.98. The monoisotopic (exact) mass is 475 g/mol. The third-order valence-corrected chi connectivity index (χ3v) is 10.7. The highest BCUT2D eigenvalue weighted by atomic mass is 32.1. The summed E-state index contributed by atoms with van der Waals surface area (Å²) in [5.41, 5.74) is -3.42. The molecule has 8 rings (SSSR count). The van der Waals surface area contributed by atoms with Crippen molar-refractivity contribution in [3.05, 3.63) is 58.9 Å². The fraction of sp³-hybridized carbons (Fsp3) is 0.500. The fourth-order valence-corrected chi connectivity index (χ4v) is 9.87. The Morgan fingerprint density at radius 1 is 1.15 bits per heavy atom. The SMILES string of the molecule is O=C(On1ccccc1=S)C12CN3CCC[C@]45CC[C@@]6(Nc7ccccc7[C@@]16[C@@H]34)C(=O)C2(O)C5. The first-order valence-electron chi connectivity index (χ1n) is 12.2. The van der Waals surface area contributed by atoms with E-state index < -0.39 is 27.9 Å². The van der Waals surface area contributed by atoms with Gasteiger partial charge in [0.1, 0.15) is 21.2 Å². The van der Waals surface area contributed by atoms with E-state index in [9.17, 15) is 14.7 Å². The molecular formula is C26H25N3O4S. The van der Waals surface area contributed by atoms with Gasteiger partial charge in [0.25, 0.3) is 0 Å². The molecule has 1 aromatic heterocycles. The second kappa shape index (κ2) is 5.64. The van der Waals surface area contributed by atoms with Crippen LogP contribution in [0.15, 0.2) is 48.7 Å². The van der Waals surface area contributed by atoms with E-state index in [0.29, 0.717) is 24.0 Å². The number of Topliss-reactive ketones (excluding diaryl/α,β-unsaturated/α-hetero) is 1. The van der Waals surface area contributed by atoms with Crippen LogP contribution < -0.4 is 10.2 Å². The van der Waals surface area contributed by atoms with E-state index in [0.717, 1.165) is 37.1 Å². The summed E-state index contributed by atoms with van der Waals surface area (Å²) < 4.78 is 1.65. The second-order valence-corrected chi connectivity index (χ2v) is 11.7. The summed E-state index contributed by atoms with van der Waals surface area (Å²) in [6, 6.07) is 13.2. The average molecular weight is 476 g/mol. The zero-order valence-electron chi connectivity index (χ0n) is 18.6. The highest BCUT2D eigenvalue weighted by Crippen LogP contribution is 2.83. The second-order valence-electron chi connectivity index (χ2n) is 11.2. The zero-order valence-corrected chi connectivity index (χ0v) is 19.4. The zero-order chi connectivity index (χ0) is 23.1. The quantitative estimate of drug-likeness (QED) is 0.645. The van der Waals surface area contributed by atoms with Gasteiger partial charge in [0.05, 0.1) is 5.41 Å². The summed E-state index contributed by atoms with van der Waals surface area (Å²) in [5.74, 6) is -0.785. The lowest BCUT2D eigenvalue weighted by Crippen LogP contribution is -2.74. The van der Waals surface area contributed by atoms with Crippen molar-refractivity contribution in [1.29, 1.82) is 0 Å². The number of hydrogen-bond donors (Lipinski definition) is 2. The van der Waals surface area contributed by atoms with Gasteiger partial charge in [-0.25, -0.2) is 4.79 Å². The highest BCUT2D eigenvalue weighted by molar-refractivity contribution is 7.71. The number of aromatic nitrogens is 1.